The summed E-state index contributed by atoms with van der Waals surface area (Å²) >= 11 is 0. The van der Waals surface area contributed by atoms with Gasteiger partial charge in [-0.1, -0.05) is 6.42 Å². The molecule has 0 radical (unpaired) electrons. The Morgan fingerprint density at radius 2 is 2.17 bits per heavy atom. The first-order valence-corrected chi connectivity index (χ1v) is 6.95. The van der Waals surface area contributed by atoms with Crippen molar-refractivity contribution < 1.29 is 9.52 Å². The first-order chi connectivity index (χ1) is 8.74. The van der Waals surface area contributed by atoms with Crippen molar-refractivity contribution in [3.05, 3.63) is 11.8 Å². The fraction of sp³-hybridized carbons (Fsp3) is 0.846. The van der Waals surface area contributed by atoms with Crippen molar-refractivity contribution in [1.29, 1.82) is 0 Å². The Hall–Kier alpha value is -0.940. The van der Waals surface area contributed by atoms with Gasteiger partial charge in [-0.05, 0) is 32.2 Å². The number of rotatable bonds is 3. The van der Waals surface area contributed by atoms with Gasteiger partial charge in [0, 0.05) is 18.9 Å². The van der Waals surface area contributed by atoms with Crippen LogP contribution in [0.15, 0.2) is 4.42 Å². The van der Waals surface area contributed by atoms with Crippen LogP contribution < -0.4 is 0 Å². The molecule has 1 N–H and O–H groups in total. The van der Waals surface area contributed by atoms with E-state index in [4.69, 9.17) is 4.42 Å². The summed E-state index contributed by atoms with van der Waals surface area (Å²) in [4.78, 5) is 2.41. The molecule has 1 aliphatic carbocycles. The number of likely N-dealkylation sites (tertiary alicyclic amines) is 1. The van der Waals surface area contributed by atoms with E-state index in [1.54, 1.807) is 0 Å². The maximum atomic E-state index is 10.1. The van der Waals surface area contributed by atoms with Crippen LogP contribution in [-0.2, 0) is 6.54 Å². The Bertz CT molecular complexity index is 407. The van der Waals surface area contributed by atoms with E-state index in [1.807, 2.05) is 6.92 Å². The van der Waals surface area contributed by atoms with Crippen LogP contribution in [0, 0.1) is 12.8 Å². The molecule has 1 saturated heterocycles. The van der Waals surface area contributed by atoms with Crippen molar-refractivity contribution in [2.24, 2.45) is 5.92 Å². The standard InChI is InChI=1S/C13H21N3O2/c1-9-14-15-13(18-9)8-16-7-3-5-11(16)10-4-2-6-12(10)17/h10-12,17H,2-8H2,1H3. The van der Waals surface area contributed by atoms with Crippen LogP contribution in [0.2, 0.25) is 0 Å². The van der Waals surface area contributed by atoms with E-state index in [0.717, 1.165) is 32.4 Å². The second kappa shape index (κ2) is 4.97. The van der Waals surface area contributed by atoms with Crippen LogP contribution in [-0.4, -0.2) is 38.9 Å². The fourth-order valence-corrected chi connectivity index (χ4v) is 3.53. The molecule has 2 aliphatic rings. The third kappa shape index (κ3) is 2.29. The fourth-order valence-electron chi connectivity index (χ4n) is 3.53. The van der Waals surface area contributed by atoms with Crippen molar-refractivity contribution in [1.82, 2.24) is 15.1 Å². The van der Waals surface area contributed by atoms with E-state index in [-0.39, 0.29) is 6.10 Å². The van der Waals surface area contributed by atoms with Gasteiger partial charge in [-0.15, -0.1) is 10.2 Å². The third-order valence-corrected chi connectivity index (χ3v) is 4.35. The summed E-state index contributed by atoms with van der Waals surface area (Å²) in [5.74, 6) is 1.77. The van der Waals surface area contributed by atoms with Crippen molar-refractivity contribution in [2.45, 2.75) is 57.7 Å². The minimum absolute atomic E-state index is 0.111. The number of aliphatic hydroxyl groups excluding tert-OH is 1. The molecule has 2 heterocycles. The number of aliphatic hydroxyl groups is 1. The van der Waals surface area contributed by atoms with Crippen LogP contribution >= 0.6 is 0 Å². The van der Waals surface area contributed by atoms with E-state index in [2.05, 4.69) is 15.1 Å². The average Bonchev–Trinajstić information content (AvgIpc) is 3.02. The van der Waals surface area contributed by atoms with Gasteiger partial charge in [-0.25, -0.2) is 0 Å². The number of nitrogens with zero attached hydrogens (tertiary/aromatic N) is 3. The highest BCUT2D eigenvalue weighted by atomic mass is 16.4. The van der Waals surface area contributed by atoms with Gasteiger partial charge in [0.25, 0.3) is 0 Å². The quantitative estimate of drug-likeness (QED) is 0.882. The third-order valence-electron chi connectivity index (χ3n) is 4.35. The summed E-state index contributed by atoms with van der Waals surface area (Å²) in [6.45, 7) is 3.63. The molecular formula is C13H21N3O2. The van der Waals surface area contributed by atoms with Gasteiger partial charge in [0.2, 0.25) is 11.8 Å². The zero-order chi connectivity index (χ0) is 12.5. The lowest BCUT2D eigenvalue weighted by Gasteiger charge is -2.30. The minimum atomic E-state index is -0.111. The molecule has 3 rings (SSSR count). The molecular weight excluding hydrogens is 230 g/mol. The van der Waals surface area contributed by atoms with Crippen LogP contribution in [0.3, 0.4) is 0 Å². The molecule has 2 fully saturated rings. The van der Waals surface area contributed by atoms with E-state index >= 15 is 0 Å². The summed E-state index contributed by atoms with van der Waals surface area (Å²) < 4.78 is 5.46. The molecule has 5 heteroatoms. The minimum Gasteiger partial charge on any atom is -0.424 e. The molecule has 100 valence electrons. The van der Waals surface area contributed by atoms with E-state index < -0.39 is 0 Å². The van der Waals surface area contributed by atoms with Crippen LogP contribution in [0.4, 0.5) is 0 Å². The summed E-state index contributed by atoms with van der Waals surface area (Å²) in [5.41, 5.74) is 0. The Morgan fingerprint density at radius 1 is 1.28 bits per heavy atom. The number of aromatic nitrogens is 2. The predicted octanol–water partition coefficient (Wildman–Crippen LogP) is 1.50. The zero-order valence-electron chi connectivity index (χ0n) is 10.9. The van der Waals surface area contributed by atoms with Crippen molar-refractivity contribution in [3.63, 3.8) is 0 Å². The first-order valence-electron chi connectivity index (χ1n) is 6.95. The SMILES string of the molecule is Cc1nnc(CN2CCCC2C2CCCC2O)o1. The van der Waals surface area contributed by atoms with Gasteiger partial charge < -0.3 is 9.52 Å². The Labute approximate surface area is 107 Å². The van der Waals surface area contributed by atoms with Gasteiger partial charge in [0.05, 0.1) is 12.6 Å². The molecule has 0 spiro atoms. The summed E-state index contributed by atoms with van der Waals surface area (Å²) in [7, 11) is 0. The Morgan fingerprint density at radius 3 is 2.83 bits per heavy atom. The highest BCUT2D eigenvalue weighted by molar-refractivity contribution is 4.93. The predicted molar refractivity (Wildman–Crippen MR) is 65.8 cm³/mol. The smallest absolute Gasteiger partial charge is 0.230 e. The summed E-state index contributed by atoms with van der Waals surface area (Å²) in [6.07, 6.45) is 5.57. The van der Waals surface area contributed by atoms with E-state index in [9.17, 15) is 5.11 Å². The monoisotopic (exact) mass is 251 g/mol. The Balaban J connectivity index is 1.67. The summed E-state index contributed by atoms with van der Waals surface area (Å²) in [6, 6.07) is 0.495. The molecule has 1 aromatic heterocycles. The van der Waals surface area contributed by atoms with E-state index in [0.29, 0.717) is 23.7 Å². The normalized spacial score (nSPS) is 33.3. The van der Waals surface area contributed by atoms with Crippen molar-refractivity contribution >= 4 is 0 Å². The molecule has 3 unspecified atom stereocenters. The maximum absolute atomic E-state index is 10.1. The van der Waals surface area contributed by atoms with Crippen molar-refractivity contribution in [2.75, 3.05) is 6.54 Å². The largest absolute Gasteiger partial charge is 0.424 e. The second-order valence-corrected chi connectivity index (χ2v) is 5.56. The summed E-state index contributed by atoms with van der Waals surface area (Å²) in [5, 5.41) is 18.0. The number of hydrogen-bond donors (Lipinski definition) is 1. The van der Waals surface area contributed by atoms with Gasteiger partial charge in [-0.3, -0.25) is 4.90 Å². The van der Waals surface area contributed by atoms with Crippen molar-refractivity contribution in [3.8, 4) is 0 Å². The molecule has 3 atom stereocenters. The second-order valence-electron chi connectivity index (χ2n) is 5.56. The number of hydrogen-bond acceptors (Lipinski definition) is 5. The number of aryl methyl sites for hydroxylation is 1. The molecule has 1 aromatic rings. The van der Waals surface area contributed by atoms with Crippen LogP contribution in [0.25, 0.3) is 0 Å². The Kier molecular flexibility index (Phi) is 3.35. The maximum Gasteiger partial charge on any atom is 0.230 e. The van der Waals surface area contributed by atoms with Gasteiger partial charge in [0.15, 0.2) is 0 Å². The first kappa shape index (κ1) is 12.1. The van der Waals surface area contributed by atoms with Gasteiger partial charge in [0.1, 0.15) is 0 Å². The lowest BCUT2D eigenvalue weighted by Crippen LogP contribution is -2.38. The molecule has 0 amide bonds. The van der Waals surface area contributed by atoms with Gasteiger partial charge >= 0.3 is 0 Å². The molecule has 0 bridgehead atoms. The van der Waals surface area contributed by atoms with E-state index in [1.165, 1.54) is 12.8 Å². The topological polar surface area (TPSA) is 62.4 Å². The molecule has 1 saturated carbocycles. The van der Waals surface area contributed by atoms with Crippen LogP contribution in [0.1, 0.15) is 43.9 Å². The molecule has 18 heavy (non-hydrogen) atoms. The molecule has 1 aliphatic heterocycles. The molecule has 0 aromatic carbocycles. The highest BCUT2D eigenvalue weighted by Gasteiger charge is 2.38. The average molecular weight is 251 g/mol. The molecule has 5 nitrogen and oxygen atoms in total. The van der Waals surface area contributed by atoms with Crippen LogP contribution in [0.5, 0.6) is 0 Å². The van der Waals surface area contributed by atoms with Gasteiger partial charge in [-0.2, -0.15) is 0 Å². The zero-order valence-corrected chi connectivity index (χ0v) is 10.9. The lowest BCUT2D eigenvalue weighted by molar-refractivity contribution is 0.0684. The lowest BCUT2D eigenvalue weighted by atomic mass is 9.94. The highest BCUT2D eigenvalue weighted by Crippen LogP contribution is 2.36.